The number of benzene rings is 1. The number of hydrogen-bond acceptors (Lipinski definition) is 6. The molecule has 0 radical (unpaired) electrons. The fraction of sp³-hybridized carbons (Fsp3) is 0.522. The van der Waals surface area contributed by atoms with Crippen molar-refractivity contribution in [3.63, 3.8) is 0 Å². The number of carbonyl (C=O) groups is 5. The van der Waals surface area contributed by atoms with E-state index in [-0.39, 0.29) is 5.91 Å². The number of imide groups is 1. The van der Waals surface area contributed by atoms with Crippen molar-refractivity contribution in [2.75, 3.05) is 25.0 Å². The number of nitrogens with zero attached hydrogens (tertiary/aromatic N) is 1. The van der Waals surface area contributed by atoms with E-state index in [1.54, 1.807) is 25.1 Å². The van der Waals surface area contributed by atoms with Gasteiger partial charge in [-0.15, -0.1) is 0 Å². The van der Waals surface area contributed by atoms with Crippen LogP contribution in [0.3, 0.4) is 0 Å². The van der Waals surface area contributed by atoms with Gasteiger partial charge in [0.05, 0.1) is 0 Å². The van der Waals surface area contributed by atoms with E-state index in [1.165, 1.54) is 6.07 Å². The molecule has 1 saturated heterocycles. The largest absolute Gasteiger partial charge is 0.454 e. The monoisotopic (exact) mass is 458 g/mol. The number of rotatable bonds is 8. The lowest BCUT2D eigenvalue weighted by Gasteiger charge is -2.34. The number of hydrogen-bond donors (Lipinski definition) is 3. The highest BCUT2D eigenvalue weighted by atomic mass is 16.5. The molecule has 1 aromatic carbocycles. The van der Waals surface area contributed by atoms with Gasteiger partial charge in [0.25, 0.3) is 17.7 Å². The van der Waals surface area contributed by atoms with Gasteiger partial charge in [0.2, 0.25) is 0 Å². The summed E-state index contributed by atoms with van der Waals surface area (Å²) in [4.78, 5) is 62.3. The topological polar surface area (TPSA) is 134 Å². The summed E-state index contributed by atoms with van der Waals surface area (Å²) >= 11 is 0. The van der Waals surface area contributed by atoms with Crippen LogP contribution >= 0.6 is 0 Å². The summed E-state index contributed by atoms with van der Waals surface area (Å²) < 4.78 is 4.96. The standard InChI is InChI=1S/C23H30N4O6/c1-3-15-8-10-23(11-9-15)21(31)27(22(32)26-23)13-19(29)33-14-18(28)25-17-7-5-6-16(12-17)20(30)24-4-2/h5-7,12,15H,3-4,8-11,13-14H2,1-2H3,(H,24,30)(H,25,28)(H,26,32). The number of urea groups is 1. The SMILES string of the molecule is CCNC(=O)c1cccc(NC(=O)COC(=O)CN2C(=O)NC3(CCC(CC)CC3)C2=O)c1. The van der Waals surface area contributed by atoms with Gasteiger partial charge in [-0.1, -0.05) is 19.4 Å². The minimum Gasteiger partial charge on any atom is -0.454 e. The molecule has 1 spiro atoms. The molecule has 33 heavy (non-hydrogen) atoms. The molecule has 10 heteroatoms. The van der Waals surface area contributed by atoms with Crippen molar-refractivity contribution in [3.05, 3.63) is 29.8 Å². The fourth-order valence-corrected chi connectivity index (χ4v) is 4.26. The first kappa shape index (κ1) is 24.2. The van der Waals surface area contributed by atoms with Gasteiger partial charge in [0, 0.05) is 17.8 Å². The van der Waals surface area contributed by atoms with Crippen molar-refractivity contribution in [2.45, 2.75) is 51.5 Å². The highest BCUT2D eigenvalue weighted by molar-refractivity contribution is 6.08. The van der Waals surface area contributed by atoms with Crippen LogP contribution in [-0.4, -0.2) is 59.9 Å². The molecule has 0 aromatic heterocycles. The number of esters is 1. The maximum Gasteiger partial charge on any atom is 0.326 e. The average Bonchev–Trinajstić information content (AvgIpc) is 3.02. The van der Waals surface area contributed by atoms with Crippen molar-refractivity contribution >= 4 is 35.4 Å². The molecule has 1 aliphatic carbocycles. The van der Waals surface area contributed by atoms with E-state index >= 15 is 0 Å². The lowest BCUT2D eigenvalue weighted by atomic mass is 9.75. The lowest BCUT2D eigenvalue weighted by molar-refractivity contribution is -0.150. The molecular formula is C23H30N4O6. The van der Waals surface area contributed by atoms with E-state index < -0.39 is 42.5 Å². The molecule has 1 saturated carbocycles. The maximum atomic E-state index is 12.9. The second-order valence-electron chi connectivity index (χ2n) is 8.40. The molecule has 0 unspecified atom stereocenters. The zero-order chi connectivity index (χ0) is 24.0. The van der Waals surface area contributed by atoms with Gasteiger partial charge in [-0.3, -0.25) is 24.1 Å². The van der Waals surface area contributed by atoms with Gasteiger partial charge in [-0.25, -0.2) is 4.79 Å². The van der Waals surface area contributed by atoms with Gasteiger partial charge in [0.15, 0.2) is 6.61 Å². The summed E-state index contributed by atoms with van der Waals surface area (Å²) in [7, 11) is 0. The minimum atomic E-state index is -0.935. The molecule has 5 amide bonds. The lowest BCUT2D eigenvalue weighted by Crippen LogP contribution is -2.49. The zero-order valence-corrected chi connectivity index (χ0v) is 18.9. The van der Waals surface area contributed by atoms with Crippen molar-refractivity contribution in [3.8, 4) is 0 Å². The third-order valence-corrected chi connectivity index (χ3v) is 6.18. The van der Waals surface area contributed by atoms with E-state index in [0.29, 0.717) is 36.6 Å². The molecule has 178 valence electrons. The smallest absolute Gasteiger partial charge is 0.326 e. The van der Waals surface area contributed by atoms with Crippen LogP contribution in [0.4, 0.5) is 10.5 Å². The van der Waals surface area contributed by atoms with Crippen LogP contribution < -0.4 is 16.0 Å². The summed E-state index contributed by atoms with van der Waals surface area (Å²) in [6, 6.07) is 5.72. The molecule has 1 aromatic rings. The van der Waals surface area contributed by atoms with Gasteiger partial charge in [-0.2, -0.15) is 0 Å². The van der Waals surface area contributed by atoms with Crippen LogP contribution in [0.1, 0.15) is 56.3 Å². The average molecular weight is 459 g/mol. The first-order valence-electron chi connectivity index (χ1n) is 11.3. The van der Waals surface area contributed by atoms with E-state index in [4.69, 9.17) is 4.74 Å². The quantitative estimate of drug-likeness (QED) is 0.402. The molecule has 0 bridgehead atoms. The second-order valence-corrected chi connectivity index (χ2v) is 8.40. The number of amides is 5. The summed E-state index contributed by atoms with van der Waals surface area (Å²) in [5.41, 5.74) is -0.180. The van der Waals surface area contributed by atoms with Crippen molar-refractivity contribution in [2.24, 2.45) is 5.92 Å². The predicted octanol–water partition coefficient (Wildman–Crippen LogP) is 1.81. The zero-order valence-electron chi connectivity index (χ0n) is 18.9. The fourth-order valence-electron chi connectivity index (χ4n) is 4.26. The summed E-state index contributed by atoms with van der Waals surface area (Å²) in [5, 5.41) is 7.97. The molecule has 3 rings (SSSR count). The van der Waals surface area contributed by atoms with Gasteiger partial charge in [-0.05, 0) is 56.7 Å². The molecule has 2 aliphatic rings. The Morgan fingerprint density at radius 2 is 1.91 bits per heavy atom. The molecule has 1 aliphatic heterocycles. The number of nitrogens with one attached hydrogen (secondary N) is 3. The Morgan fingerprint density at radius 1 is 1.18 bits per heavy atom. The highest BCUT2D eigenvalue weighted by Gasteiger charge is 2.52. The molecular weight excluding hydrogens is 428 g/mol. The summed E-state index contributed by atoms with van der Waals surface area (Å²) in [6.45, 7) is 3.24. The van der Waals surface area contributed by atoms with Gasteiger partial charge in [0.1, 0.15) is 12.1 Å². The molecule has 1 heterocycles. The third-order valence-electron chi connectivity index (χ3n) is 6.18. The highest BCUT2D eigenvalue weighted by Crippen LogP contribution is 2.37. The van der Waals surface area contributed by atoms with E-state index in [0.717, 1.165) is 24.2 Å². The summed E-state index contributed by atoms with van der Waals surface area (Å²) in [6.07, 6.45) is 3.84. The molecule has 0 atom stereocenters. The van der Waals surface area contributed by atoms with Crippen molar-refractivity contribution < 1.29 is 28.7 Å². The van der Waals surface area contributed by atoms with Gasteiger partial charge >= 0.3 is 12.0 Å². The summed E-state index contributed by atoms with van der Waals surface area (Å²) in [5.74, 6) is -1.60. The van der Waals surface area contributed by atoms with Crippen LogP contribution in [0.2, 0.25) is 0 Å². The first-order chi connectivity index (χ1) is 15.8. The van der Waals surface area contributed by atoms with Crippen molar-refractivity contribution in [1.82, 2.24) is 15.5 Å². The van der Waals surface area contributed by atoms with Crippen LogP contribution in [0.5, 0.6) is 0 Å². The predicted molar refractivity (Wildman–Crippen MR) is 119 cm³/mol. The Hall–Kier alpha value is -3.43. The van der Waals surface area contributed by atoms with Gasteiger partial charge < -0.3 is 20.7 Å². The van der Waals surface area contributed by atoms with Crippen molar-refractivity contribution in [1.29, 1.82) is 0 Å². The molecule has 10 nitrogen and oxygen atoms in total. The maximum absolute atomic E-state index is 12.9. The van der Waals surface area contributed by atoms with Crippen LogP contribution in [0.25, 0.3) is 0 Å². The molecule has 3 N–H and O–H groups in total. The Labute approximate surface area is 192 Å². The third kappa shape index (κ3) is 5.68. The first-order valence-corrected chi connectivity index (χ1v) is 11.3. The Balaban J connectivity index is 1.49. The Bertz CT molecular complexity index is 939. The number of ether oxygens (including phenoxy) is 1. The second kappa shape index (κ2) is 10.5. The van der Waals surface area contributed by atoms with E-state index in [2.05, 4.69) is 22.9 Å². The Morgan fingerprint density at radius 3 is 2.58 bits per heavy atom. The molecule has 2 fully saturated rings. The van der Waals surface area contributed by atoms with Crippen LogP contribution in [0.15, 0.2) is 24.3 Å². The van der Waals surface area contributed by atoms with E-state index in [1.807, 2.05) is 0 Å². The normalized spacial score (nSPS) is 22.1. The van der Waals surface area contributed by atoms with E-state index in [9.17, 15) is 24.0 Å². The number of anilines is 1. The number of carbonyl (C=O) groups excluding carboxylic acids is 5. The van der Waals surface area contributed by atoms with Crippen LogP contribution in [0, 0.1) is 5.92 Å². The van der Waals surface area contributed by atoms with Crippen LogP contribution in [-0.2, 0) is 19.1 Å². The minimum absolute atomic E-state index is 0.269. The Kier molecular flexibility index (Phi) is 7.67.